The Morgan fingerprint density at radius 3 is 2.41 bits per heavy atom. The van der Waals surface area contributed by atoms with Crippen molar-refractivity contribution in [1.82, 2.24) is 10.3 Å². The Kier molecular flexibility index (Phi) is 7.27. The van der Waals surface area contributed by atoms with Crippen LogP contribution in [0.25, 0.3) is 11.3 Å². The number of ether oxygens (including phenoxy) is 1. The summed E-state index contributed by atoms with van der Waals surface area (Å²) < 4.78 is 5.51. The molecule has 2 aromatic rings. The van der Waals surface area contributed by atoms with Crippen LogP contribution in [0.5, 0.6) is 5.75 Å². The molecule has 2 heterocycles. The Labute approximate surface area is 177 Å². The van der Waals surface area contributed by atoms with Crippen molar-refractivity contribution >= 4 is 17.2 Å². The molecular weight excluding hydrogens is 384 g/mol. The van der Waals surface area contributed by atoms with E-state index in [1.807, 2.05) is 39.8 Å². The van der Waals surface area contributed by atoms with Crippen LogP contribution in [0.15, 0.2) is 29.6 Å². The zero-order chi connectivity index (χ0) is 20.9. The average molecular weight is 419 g/mol. The van der Waals surface area contributed by atoms with E-state index in [4.69, 9.17) is 9.72 Å². The van der Waals surface area contributed by atoms with Gasteiger partial charge in [-0.15, -0.1) is 11.3 Å². The van der Waals surface area contributed by atoms with E-state index in [-0.39, 0.29) is 11.4 Å². The molecule has 29 heavy (non-hydrogen) atoms. The number of aromatic nitrogens is 1. The molecule has 6 nitrogen and oxygen atoms in total. The lowest BCUT2D eigenvalue weighted by Crippen LogP contribution is -3.28. The fourth-order valence-electron chi connectivity index (χ4n) is 3.63. The number of hydrogen-bond acceptors (Lipinski definition) is 4. The normalized spacial score (nSPS) is 19.7. The molecular formula is C22H34N4O2S+2. The van der Waals surface area contributed by atoms with Crippen LogP contribution in [0.2, 0.25) is 0 Å². The van der Waals surface area contributed by atoms with E-state index in [0.717, 1.165) is 49.7 Å². The van der Waals surface area contributed by atoms with Gasteiger partial charge in [0.15, 0.2) is 6.54 Å². The maximum Gasteiger partial charge on any atom is 0.275 e. The molecule has 0 bridgehead atoms. The van der Waals surface area contributed by atoms with Crippen LogP contribution in [0.1, 0.15) is 32.7 Å². The van der Waals surface area contributed by atoms with E-state index in [1.54, 1.807) is 16.2 Å². The lowest BCUT2D eigenvalue weighted by atomic mass is 10.1. The average Bonchev–Trinajstić information content (AvgIpc) is 3.11. The first kappa shape index (κ1) is 21.7. The number of benzene rings is 1. The third-order valence-electron chi connectivity index (χ3n) is 5.00. The molecule has 1 aliphatic rings. The third kappa shape index (κ3) is 6.80. The number of rotatable bonds is 7. The Morgan fingerprint density at radius 1 is 1.14 bits per heavy atom. The summed E-state index contributed by atoms with van der Waals surface area (Å²) in [5.74, 6) is 1.04. The van der Waals surface area contributed by atoms with Crippen LogP contribution in [-0.4, -0.2) is 55.8 Å². The highest BCUT2D eigenvalue weighted by Crippen LogP contribution is 2.24. The van der Waals surface area contributed by atoms with Gasteiger partial charge in [0.25, 0.3) is 5.91 Å². The van der Waals surface area contributed by atoms with Crippen LogP contribution >= 0.6 is 11.3 Å². The molecule has 0 spiro atoms. The number of amides is 1. The zero-order valence-electron chi connectivity index (χ0n) is 18.0. The standard InChI is InChI=1S/C22H32N4O2S/c1-5-28-18-8-6-17(7-9-18)19-16-29-21(23-19)15-26-12-10-25(11-13-26)14-20(27)24-22(2,3)4/h6-9,16H,5,10-15H2,1-4H3,(H,24,27)/p+2. The molecule has 0 aliphatic carbocycles. The molecule has 0 unspecified atom stereocenters. The molecule has 1 fully saturated rings. The van der Waals surface area contributed by atoms with E-state index < -0.39 is 0 Å². The highest BCUT2D eigenvalue weighted by atomic mass is 32.1. The van der Waals surface area contributed by atoms with Gasteiger partial charge in [-0.3, -0.25) is 4.79 Å². The maximum atomic E-state index is 12.1. The first-order chi connectivity index (χ1) is 13.8. The minimum Gasteiger partial charge on any atom is -0.494 e. The maximum absolute atomic E-state index is 12.1. The Hall–Kier alpha value is -1.96. The van der Waals surface area contributed by atoms with Gasteiger partial charge < -0.3 is 19.9 Å². The predicted octanol–water partition coefficient (Wildman–Crippen LogP) is 0.407. The van der Waals surface area contributed by atoms with Gasteiger partial charge in [0, 0.05) is 16.5 Å². The molecule has 0 atom stereocenters. The van der Waals surface area contributed by atoms with Crippen molar-refractivity contribution in [1.29, 1.82) is 0 Å². The number of hydrogen-bond donors (Lipinski definition) is 3. The van der Waals surface area contributed by atoms with Crippen molar-refractivity contribution < 1.29 is 19.3 Å². The van der Waals surface area contributed by atoms with Gasteiger partial charge in [-0.25, -0.2) is 4.98 Å². The fraction of sp³-hybridized carbons (Fsp3) is 0.545. The van der Waals surface area contributed by atoms with Gasteiger partial charge in [-0.2, -0.15) is 0 Å². The van der Waals surface area contributed by atoms with Gasteiger partial charge in [0.1, 0.15) is 43.5 Å². The molecule has 1 saturated heterocycles. The van der Waals surface area contributed by atoms with Crippen LogP contribution < -0.4 is 19.9 Å². The van der Waals surface area contributed by atoms with Crippen LogP contribution in [-0.2, 0) is 11.3 Å². The van der Waals surface area contributed by atoms with Gasteiger partial charge in [0.05, 0.1) is 12.3 Å². The SMILES string of the molecule is CCOc1ccc(-c2csc(C[NH+]3CC[NH+](CC(=O)NC(C)(C)C)CC3)n2)cc1. The van der Waals surface area contributed by atoms with Crippen LogP contribution in [0.4, 0.5) is 0 Å². The summed E-state index contributed by atoms with van der Waals surface area (Å²) in [6.45, 7) is 14.5. The molecule has 158 valence electrons. The minimum absolute atomic E-state index is 0.149. The highest BCUT2D eigenvalue weighted by Gasteiger charge is 2.26. The molecule has 3 N–H and O–H groups in total. The van der Waals surface area contributed by atoms with E-state index in [1.165, 1.54) is 9.91 Å². The van der Waals surface area contributed by atoms with Crippen molar-refractivity contribution in [2.45, 2.75) is 39.8 Å². The Balaban J connectivity index is 1.47. The topological polar surface area (TPSA) is 60.1 Å². The predicted molar refractivity (Wildman–Crippen MR) is 117 cm³/mol. The summed E-state index contributed by atoms with van der Waals surface area (Å²) in [5.41, 5.74) is 2.01. The molecule has 7 heteroatoms. The Morgan fingerprint density at radius 2 is 1.79 bits per heavy atom. The molecule has 1 aliphatic heterocycles. The summed E-state index contributed by atoms with van der Waals surface area (Å²) in [6, 6.07) is 8.14. The van der Waals surface area contributed by atoms with Crippen molar-refractivity contribution in [3.8, 4) is 17.0 Å². The second-order valence-electron chi connectivity index (χ2n) is 8.74. The van der Waals surface area contributed by atoms with Crippen molar-refractivity contribution in [2.75, 3.05) is 39.3 Å². The van der Waals surface area contributed by atoms with E-state index in [0.29, 0.717) is 13.2 Å². The summed E-state index contributed by atoms with van der Waals surface area (Å²) >= 11 is 1.74. The number of piperazine rings is 1. The quantitative estimate of drug-likeness (QED) is 0.610. The van der Waals surface area contributed by atoms with Crippen LogP contribution in [0.3, 0.4) is 0 Å². The number of nitrogens with one attached hydrogen (secondary N) is 3. The second kappa shape index (κ2) is 9.69. The lowest BCUT2D eigenvalue weighted by Gasteiger charge is -2.29. The largest absolute Gasteiger partial charge is 0.494 e. The summed E-state index contributed by atoms with van der Waals surface area (Å²) in [4.78, 5) is 19.9. The molecule has 0 saturated carbocycles. The summed E-state index contributed by atoms with van der Waals surface area (Å²) in [6.07, 6.45) is 0. The number of carbonyl (C=O) groups excluding carboxylic acids is 1. The first-order valence-electron chi connectivity index (χ1n) is 10.5. The van der Waals surface area contributed by atoms with Gasteiger partial charge in [-0.1, -0.05) is 0 Å². The fourth-order valence-corrected chi connectivity index (χ4v) is 4.50. The number of nitrogens with zero attached hydrogens (tertiary/aromatic N) is 1. The van der Waals surface area contributed by atoms with E-state index in [9.17, 15) is 4.79 Å². The second-order valence-corrected chi connectivity index (χ2v) is 9.68. The highest BCUT2D eigenvalue weighted by molar-refractivity contribution is 7.09. The molecule has 0 radical (unpaired) electrons. The zero-order valence-corrected chi connectivity index (χ0v) is 18.8. The molecule has 3 rings (SSSR count). The van der Waals surface area contributed by atoms with Crippen LogP contribution in [0, 0.1) is 0 Å². The van der Waals surface area contributed by atoms with Gasteiger partial charge in [0.2, 0.25) is 0 Å². The van der Waals surface area contributed by atoms with Gasteiger partial charge >= 0.3 is 0 Å². The number of quaternary nitrogens is 2. The van der Waals surface area contributed by atoms with Crippen molar-refractivity contribution in [3.05, 3.63) is 34.7 Å². The molecule has 1 aromatic heterocycles. The first-order valence-corrected chi connectivity index (χ1v) is 11.4. The summed E-state index contributed by atoms with van der Waals surface area (Å²) in [5, 5.41) is 6.38. The number of thiazole rings is 1. The van der Waals surface area contributed by atoms with Crippen molar-refractivity contribution in [2.24, 2.45) is 0 Å². The monoisotopic (exact) mass is 418 g/mol. The third-order valence-corrected chi connectivity index (χ3v) is 5.85. The Bertz CT molecular complexity index is 790. The molecule has 1 aromatic carbocycles. The summed E-state index contributed by atoms with van der Waals surface area (Å²) in [7, 11) is 0. The smallest absolute Gasteiger partial charge is 0.275 e. The molecule has 1 amide bonds. The van der Waals surface area contributed by atoms with E-state index >= 15 is 0 Å². The van der Waals surface area contributed by atoms with E-state index in [2.05, 4.69) is 22.8 Å². The number of carbonyl (C=O) groups is 1. The lowest BCUT2D eigenvalue weighted by molar-refractivity contribution is -1.02. The minimum atomic E-state index is -0.157. The van der Waals surface area contributed by atoms with Crippen molar-refractivity contribution in [3.63, 3.8) is 0 Å². The van der Waals surface area contributed by atoms with Gasteiger partial charge in [-0.05, 0) is 52.0 Å².